The highest BCUT2D eigenvalue weighted by Gasteiger charge is 2.29. The maximum Gasteiger partial charge on any atom is 0.335 e. The van der Waals surface area contributed by atoms with E-state index >= 15 is 0 Å². The summed E-state index contributed by atoms with van der Waals surface area (Å²) in [5.74, 6) is -1.58. The number of carboxylic acids is 2. The predicted molar refractivity (Wildman–Crippen MR) is 71.2 cm³/mol. The van der Waals surface area contributed by atoms with Gasteiger partial charge in [0.2, 0.25) is 5.89 Å². The molecule has 1 aromatic rings. The van der Waals surface area contributed by atoms with Gasteiger partial charge in [0.15, 0.2) is 18.0 Å². The summed E-state index contributed by atoms with van der Waals surface area (Å²) < 4.78 is 5.10. The molecule has 0 radical (unpaired) electrons. The van der Waals surface area contributed by atoms with E-state index in [9.17, 15) is 9.59 Å². The summed E-state index contributed by atoms with van der Waals surface area (Å²) in [7, 11) is 0. The topological polar surface area (TPSA) is 166 Å². The summed E-state index contributed by atoms with van der Waals surface area (Å²) in [5, 5.41) is 39.6. The number of aryl methyl sites for hydroxylation is 1. The van der Waals surface area contributed by atoms with Gasteiger partial charge in [0.1, 0.15) is 0 Å². The molecule has 0 bridgehead atoms. The van der Waals surface area contributed by atoms with Crippen molar-refractivity contribution in [2.24, 2.45) is 0 Å². The molecule has 1 saturated heterocycles. The van der Waals surface area contributed by atoms with Crippen molar-refractivity contribution in [1.29, 1.82) is 0 Å². The average molecular weight is 317 g/mol. The van der Waals surface area contributed by atoms with Crippen LogP contribution in [0.1, 0.15) is 30.5 Å². The molecule has 0 aromatic carbocycles. The van der Waals surface area contributed by atoms with Crippen LogP contribution < -0.4 is 5.32 Å². The zero-order chi connectivity index (χ0) is 16.7. The smallest absolute Gasteiger partial charge is 0.335 e. The van der Waals surface area contributed by atoms with Crippen LogP contribution in [-0.2, 0) is 9.59 Å². The van der Waals surface area contributed by atoms with Crippen molar-refractivity contribution in [2.75, 3.05) is 13.1 Å². The van der Waals surface area contributed by atoms with Gasteiger partial charge in [-0.1, -0.05) is 5.16 Å². The fourth-order valence-corrected chi connectivity index (χ4v) is 1.81. The third kappa shape index (κ3) is 5.39. The lowest BCUT2D eigenvalue weighted by molar-refractivity contribution is -0.165. The summed E-state index contributed by atoms with van der Waals surface area (Å²) in [6, 6.07) is 0. The SMILES string of the molecule is Cc1noc([C@H]2CCCNC2)n1.O=C(O)C(O)C(O)C(=O)O. The van der Waals surface area contributed by atoms with Gasteiger partial charge in [-0.15, -0.1) is 0 Å². The number of nitrogens with zero attached hydrogens (tertiary/aromatic N) is 2. The molecule has 3 atom stereocenters. The number of aromatic nitrogens is 2. The van der Waals surface area contributed by atoms with E-state index in [4.69, 9.17) is 24.9 Å². The number of carbonyl (C=O) groups is 2. The van der Waals surface area contributed by atoms with Crippen molar-refractivity contribution in [1.82, 2.24) is 15.5 Å². The van der Waals surface area contributed by atoms with E-state index in [0.717, 1.165) is 31.2 Å². The van der Waals surface area contributed by atoms with Gasteiger partial charge in [-0.25, -0.2) is 9.59 Å². The molecule has 1 aromatic heterocycles. The molecule has 1 aliphatic heterocycles. The lowest BCUT2D eigenvalue weighted by Gasteiger charge is -2.18. The first kappa shape index (κ1) is 18.0. The lowest BCUT2D eigenvalue weighted by atomic mass is 10.00. The summed E-state index contributed by atoms with van der Waals surface area (Å²) >= 11 is 0. The second kappa shape index (κ2) is 8.41. The van der Waals surface area contributed by atoms with Gasteiger partial charge < -0.3 is 30.3 Å². The van der Waals surface area contributed by atoms with E-state index in [1.807, 2.05) is 6.92 Å². The molecule has 10 heteroatoms. The Kier molecular flexibility index (Phi) is 6.89. The molecule has 0 saturated carbocycles. The lowest BCUT2D eigenvalue weighted by Crippen LogP contribution is -2.39. The Bertz CT molecular complexity index is 481. The number of rotatable bonds is 4. The van der Waals surface area contributed by atoms with Crippen molar-refractivity contribution in [3.8, 4) is 0 Å². The molecule has 22 heavy (non-hydrogen) atoms. The molecule has 1 fully saturated rings. The Morgan fingerprint density at radius 3 is 2.23 bits per heavy atom. The molecule has 1 aliphatic rings. The molecule has 0 amide bonds. The van der Waals surface area contributed by atoms with Crippen LogP contribution in [0.25, 0.3) is 0 Å². The summed E-state index contributed by atoms with van der Waals surface area (Å²) in [6.45, 7) is 3.94. The Morgan fingerprint density at radius 2 is 1.86 bits per heavy atom. The maximum absolute atomic E-state index is 9.77. The van der Waals surface area contributed by atoms with Crippen LogP contribution in [0.2, 0.25) is 0 Å². The first-order valence-electron chi connectivity index (χ1n) is 6.65. The minimum atomic E-state index is -2.27. The number of piperidine rings is 1. The van der Waals surface area contributed by atoms with Crippen molar-refractivity contribution in [2.45, 2.75) is 37.9 Å². The number of hydrogen-bond donors (Lipinski definition) is 5. The summed E-state index contributed by atoms with van der Waals surface area (Å²) in [4.78, 5) is 23.8. The molecular weight excluding hydrogens is 298 g/mol. The van der Waals surface area contributed by atoms with E-state index in [1.165, 1.54) is 6.42 Å². The average Bonchev–Trinajstić information content (AvgIpc) is 2.93. The maximum atomic E-state index is 9.77. The zero-order valence-corrected chi connectivity index (χ0v) is 12.0. The van der Waals surface area contributed by atoms with Gasteiger partial charge in [0.25, 0.3) is 0 Å². The highest BCUT2D eigenvalue weighted by Crippen LogP contribution is 2.20. The van der Waals surface area contributed by atoms with Crippen LogP contribution in [0.15, 0.2) is 4.52 Å². The van der Waals surface area contributed by atoms with E-state index in [0.29, 0.717) is 5.92 Å². The Labute approximate surface area is 125 Å². The first-order valence-corrected chi connectivity index (χ1v) is 6.65. The molecule has 2 unspecified atom stereocenters. The van der Waals surface area contributed by atoms with Crippen LogP contribution in [0, 0.1) is 6.92 Å². The highest BCUT2D eigenvalue weighted by molar-refractivity contribution is 5.83. The second-order valence-corrected chi connectivity index (χ2v) is 4.79. The van der Waals surface area contributed by atoms with Gasteiger partial charge in [0, 0.05) is 6.54 Å². The molecule has 0 aliphatic carbocycles. The molecule has 124 valence electrons. The van der Waals surface area contributed by atoms with Crippen LogP contribution in [0.3, 0.4) is 0 Å². The fraction of sp³-hybridized carbons (Fsp3) is 0.667. The molecule has 5 N–H and O–H groups in total. The van der Waals surface area contributed by atoms with Crippen LogP contribution >= 0.6 is 0 Å². The first-order chi connectivity index (χ1) is 10.3. The van der Waals surface area contributed by atoms with Gasteiger partial charge in [-0.2, -0.15) is 4.98 Å². The van der Waals surface area contributed by atoms with Crippen molar-refractivity contribution in [3.63, 3.8) is 0 Å². The minimum Gasteiger partial charge on any atom is -0.479 e. The number of carboxylic acid groups (broad SMARTS) is 2. The Balaban J connectivity index is 0.000000225. The third-order valence-corrected chi connectivity index (χ3v) is 2.99. The molecule has 0 spiro atoms. The van der Waals surface area contributed by atoms with Crippen LogP contribution in [0.4, 0.5) is 0 Å². The Morgan fingerprint density at radius 1 is 1.27 bits per heavy atom. The van der Waals surface area contributed by atoms with Gasteiger partial charge in [-0.3, -0.25) is 0 Å². The second-order valence-electron chi connectivity index (χ2n) is 4.79. The zero-order valence-electron chi connectivity index (χ0n) is 12.0. The quantitative estimate of drug-likeness (QED) is 0.451. The van der Waals surface area contributed by atoms with E-state index in [-0.39, 0.29) is 0 Å². The van der Waals surface area contributed by atoms with Crippen LogP contribution in [0.5, 0.6) is 0 Å². The van der Waals surface area contributed by atoms with E-state index in [1.54, 1.807) is 0 Å². The third-order valence-electron chi connectivity index (χ3n) is 2.99. The largest absolute Gasteiger partial charge is 0.479 e. The number of aliphatic carboxylic acids is 2. The Hall–Kier alpha value is -2.04. The predicted octanol–water partition coefficient (Wildman–Crippen LogP) is -1.28. The number of aliphatic hydroxyl groups is 2. The van der Waals surface area contributed by atoms with E-state index < -0.39 is 24.1 Å². The molecule has 10 nitrogen and oxygen atoms in total. The number of hydrogen-bond acceptors (Lipinski definition) is 8. The van der Waals surface area contributed by atoms with Crippen molar-refractivity contribution < 1.29 is 34.5 Å². The highest BCUT2D eigenvalue weighted by atomic mass is 16.5. The number of aliphatic hydroxyl groups excluding tert-OH is 2. The van der Waals surface area contributed by atoms with Crippen LogP contribution in [-0.4, -0.2) is 67.8 Å². The number of nitrogens with one attached hydrogen (secondary N) is 1. The van der Waals surface area contributed by atoms with Gasteiger partial charge in [-0.05, 0) is 26.3 Å². The standard InChI is InChI=1S/C8H13N3O.C4H6O6/c1-6-10-8(12-11-6)7-3-2-4-9-5-7;5-1(3(7)8)2(6)4(9)10/h7,9H,2-5H2,1H3;1-2,5-6H,(H,7,8)(H,9,10)/t7-;/m0./s1. The molecule has 2 rings (SSSR count). The van der Waals surface area contributed by atoms with E-state index in [2.05, 4.69) is 15.5 Å². The fourth-order valence-electron chi connectivity index (χ4n) is 1.81. The van der Waals surface area contributed by atoms with Gasteiger partial charge >= 0.3 is 11.9 Å². The van der Waals surface area contributed by atoms with Gasteiger partial charge in [0.05, 0.1) is 5.92 Å². The summed E-state index contributed by atoms with van der Waals surface area (Å²) in [5.41, 5.74) is 0. The van der Waals surface area contributed by atoms with Crippen molar-refractivity contribution in [3.05, 3.63) is 11.7 Å². The van der Waals surface area contributed by atoms with Crippen molar-refractivity contribution >= 4 is 11.9 Å². The normalized spacial score (nSPS) is 20.4. The molecular formula is C12H19N3O7. The summed E-state index contributed by atoms with van der Waals surface area (Å²) in [6.07, 6.45) is -2.17. The monoisotopic (exact) mass is 317 g/mol. The molecule has 2 heterocycles. The minimum absolute atomic E-state index is 0.431.